The molecule has 1 heterocycles. The number of carboxylic acid groups (broad SMARTS) is 2. The van der Waals surface area contributed by atoms with Gasteiger partial charge >= 0.3 is 11.9 Å². The van der Waals surface area contributed by atoms with Gasteiger partial charge in [-0.2, -0.15) is 0 Å². The molecule has 3 N–H and O–H groups in total. The average Bonchev–Trinajstić information content (AvgIpc) is 2.26. The van der Waals surface area contributed by atoms with E-state index in [-0.39, 0.29) is 5.56 Å². The lowest BCUT2D eigenvalue weighted by atomic mass is 10.2. The second-order valence-corrected chi connectivity index (χ2v) is 3.84. The molecule has 8 nitrogen and oxygen atoms in total. The maximum atomic E-state index is 11.9. The summed E-state index contributed by atoms with van der Waals surface area (Å²) in [5.41, 5.74) is -0.361. The molecular formula is C11H12N2O6. The van der Waals surface area contributed by atoms with Gasteiger partial charge in [0.1, 0.15) is 18.7 Å². The highest BCUT2D eigenvalue weighted by Gasteiger charge is 2.23. The minimum Gasteiger partial charge on any atom is -0.480 e. The number of pyridine rings is 1. The molecule has 1 amide bonds. The van der Waals surface area contributed by atoms with E-state index in [4.69, 9.17) is 10.2 Å². The van der Waals surface area contributed by atoms with Crippen molar-refractivity contribution in [1.29, 1.82) is 0 Å². The van der Waals surface area contributed by atoms with Crippen molar-refractivity contribution < 1.29 is 24.6 Å². The summed E-state index contributed by atoms with van der Waals surface area (Å²) in [6, 6.07) is 1.17. The molecule has 1 aromatic heterocycles. The van der Waals surface area contributed by atoms with Gasteiger partial charge in [-0.15, -0.1) is 0 Å². The fourth-order valence-corrected chi connectivity index (χ4v) is 1.44. The lowest BCUT2D eigenvalue weighted by molar-refractivity contribution is -0.140. The summed E-state index contributed by atoms with van der Waals surface area (Å²) in [5.74, 6) is -3.66. The molecule has 1 rings (SSSR count). The lowest BCUT2D eigenvalue weighted by Gasteiger charge is -2.17. The number of carbonyl (C=O) groups is 3. The number of rotatable bonds is 5. The van der Waals surface area contributed by atoms with Gasteiger partial charge in [0, 0.05) is 18.0 Å². The largest absolute Gasteiger partial charge is 0.480 e. The average molecular weight is 268 g/mol. The Labute approximate surface area is 107 Å². The maximum absolute atomic E-state index is 11.9. The minimum absolute atomic E-state index is 0.298. The van der Waals surface area contributed by atoms with Crippen LogP contribution in [0.15, 0.2) is 17.1 Å². The Bertz CT molecular complexity index is 561. The topological polar surface area (TPSA) is 128 Å². The third-order valence-corrected chi connectivity index (χ3v) is 2.23. The molecule has 0 aromatic carbocycles. The molecule has 0 aliphatic carbocycles. The summed E-state index contributed by atoms with van der Waals surface area (Å²) >= 11 is 0. The molecule has 1 aromatic rings. The molecule has 0 fully saturated rings. The fourth-order valence-electron chi connectivity index (χ4n) is 1.44. The molecule has 0 aliphatic heterocycles. The summed E-state index contributed by atoms with van der Waals surface area (Å²) in [6.07, 6.45) is 1.14. The van der Waals surface area contributed by atoms with Gasteiger partial charge in [-0.1, -0.05) is 0 Å². The number of aryl methyl sites for hydroxylation is 1. The molecule has 102 valence electrons. The van der Waals surface area contributed by atoms with Crippen molar-refractivity contribution in [3.63, 3.8) is 0 Å². The molecule has 0 saturated carbocycles. The van der Waals surface area contributed by atoms with Crippen LogP contribution in [0.1, 0.15) is 16.1 Å². The van der Waals surface area contributed by atoms with Crippen LogP contribution >= 0.6 is 0 Å². The Morgan fingerprint density at radius 1 is 1.21 bits per heavy atom. The minimum atomic E-state index is -1.36. The number of carboxylic acids is 2. The van der Waals surface area contributed by atoms with E-state index >= 15 is 0 Å². The van der Waals surface area contributed by atoms with Crippen molar-refractivity contribution in [2.45, 2.75) is 6.92 Å². The first-order valence-corrected chi connectivity index (χ1v) is 5.23. The highest BCUT2D eigenvalue weighted by atomic mass is 16.4. The highest BCUT2D eigenvalue weighted by molar-refractivity contribution is 5.97. The SMILES string of the molecule is Cc1cc(=O)c(C(=O)N(CC(=O)O)CC(=O)O)c[nH]1. The summed E-state index contributed by atoms with van der Waals surface area (Å²) in [7, 11) is 0. The third kappa shape index (κ3) is 3.95. The van der Waals surface area contributed by atoms with Crippen LogP contribution in [0.3, 0.4) is 0 Å². The van der Waals surface area contributed by atoms with Crippen molar-refractivity contribution >= 4 is 17.8 Å². The molecular weight excluding hydrogens is 256 g/mol. The van der Waals surface area contributed by atoms with Gasteiger partial charge in [0.15, 0.2) is 5.43 Å². The quantitative estimate of drug-likeness (QED) is 0.647. The number of nitrogens with zero attached hydrogens (tertiary/aromatic N) is 1. The second kappa shape index (κ2) is 5.80. The Morgan fingerprint density at radius 3 is 2.16 bits per heavy atom. The second-order valence-electron chi connectivity index (χ2n) is 3.84. The van der Waals surface area contributed by atoms with E-state index in [0.29, 0.717) is 10.6 Å². The van der Waals surface area contributed by atoms with E-state index < -0.39 is 36.4 Å². The summed E-state index contributed by atoms with van der Waals surface area (Å²) < 4.78 is 0. The molecule has 0 bridgehead atoms. The van der Waals surface area contributed by atoms with Gasteiger partial charge in [0.2, 0.25) is 0 Å². The van der Waals surface area contributed by atoms with Crippen molar-refractivity contribution in [3.05, 3.63) is 33.7 Å². The molecule has 19 heavy (non-hydrogen) atoms. The monoisotopic (exact) mass is 268 g/mol. The number of hydrogen-bond donors (Lipinski definition) is 3. The first-order valence-electron chi connectivity index (χ1n) is 5.23. The lowest BCUT2D eigenvalue weighted by Crippen LogP contribution is -2.41. The van der Waals surface area contributed by atoms with Crippen LogP contribution in [0, 0.1) is 6.92 Å². The Balaban J connectivity index is 3.07. The first-order chi connectivity index (χ1) is 8.81. The first kappa shape index (κ1) is 14.4. The number of aromatic amines is 1. The number of aliphatic carboxylic acids is 2. The van der Waals surface area contributed by atoms with Crippen LogP contribution in [-0.2, 0) is 9.59 Å². The number of carbonyl (C=O) groups excluding carboxylic acids is 1. The predicted molar refractivity (Wildman–Crippen MR) is 63.0 cm³/mol. The van der Waals surface area contributed by atoms with Gasteiger partial charge in [0.25, 0.3) is 5.91 Å². The van der Waals surface area contributed by atoms with Crippen LogP contribution in [0.25, 0.3) is 0 Å². The van der Waals surface area contributed by atoms with Gasteiger partial charge < -0.3 is 20.1 Å². The molecule has 8 heteroatoms. The van der Waals surface area contributed by atoms with E-state index in [9.17, 15) is 19.2 Å². The Hall–Kier alpha value is -2.64. The number of aromatic nitrogens is 1. The van der Waals surface area contributed by atoms with Crippen LogP contribution in [0.2, 0.25) is 0 Å². The van der Waals surface area contributed by atoms with Gasteiger partial charge in [-0.25, -0.2) is 0 Å². The molecule has 0 saturated heterocycles. The van der Waals surface area contributed by atoms with Crippen LogP contribution in [0.4, 0.5) is 0 Å². The Kier molecular flexibility index (Phi) is 4.41. The van der Waals surface area contributed by atoms with Gasteiger partial charge in [-0.3, -0.25) is 19.2 Å². The van der Waals surface area contributed by atoms with E-state index in [1.807, 2.05) is 0 Å². The zero-order valence-electron chi connectivity index (χ0n) is 10.0. The van der Waals surface area contributed by atoms with Crippen molar-refractivity contribution in [1.82, 2.24) is 9.88 Å². The summed E-state index contributed by atoms with van der Waals surface area (Å²) in [6.45, 7) is 0.0266. The van der Waals surface area contributed by atoms with E-state index in [2.05, 4.69) is 4.98 Å². The zero-order valence-corrected chi connectivity index (χ0v) is 10.0. The van der Waals surface area contributed by atoms with Crippen molar-refractivity contribution in [2.24, 2.45) is 0 Å². The van der Waals surface area contributed by atoms with E-state index in [1.165, 1.54) is 6.07 Å². The van der Waals surface area contributed by atoms with Crippen molar-refractivity contribution in [2.75, 3.05) is 13.1 Å². The summed E-state index contributed by atoms with van der Waals surface area (Å²) in [5, 5.41) is 17.3. The van der Waals surface area contributed by atoms with E-state index in [1.54, 1.807) is 6.92 Å². The van der Waals surface area contributed by atoms with Gasteiger partial charge in [-0.05, 0) is 6.92 Å². The molecule has 0 aliphatic rings. The standard InChI is InChI=1S/C11H12N2O6/c1-6-2-8(14)7(3-12-6)11(19)13(4-9(15)16)5-10(17)18/h2-3H,4-5H2,1H3,(H,12,14)(H,15,16)(H,17,18). The smallest absolute Gasteiger partial charge is 0.323 e. The van der Waals surface area contributed by atoms with E-state index in [0.717, 1.165) is 6.20 Å². The van der Waals surface area contributed by atoms with Gasteiger partial charge in [0.05, 0.1) is 0 Å². The predicted octanol–water partition coefficient (Wildman–Crippen LogP) is -0.705. The number of amides is 1. The molecule has 0 atom stereocenters. The fraction of sp³-hybridized carbons (Fsp3) is 0.273. The molecule has 0 spiro atoms. The van der Waals surface area contributed by atoms with Crippen molar-refractivity contribution in [3.8, 4) is 0 Å². The highest BCUT2D eigenvalue weighted by Crippen LogP contribution is 2.00. The number of nitrogens with one attached hydrogen (secondary N) is 1. The molecule has 0 unspecified atom stereocenters. The zero-order chi connectivity index (χ0) is 14.6. The Morgan fingerprint density at radius 2 is 1.74 bits per heavy atom. The third-order valence-electron chi connectivity index (χ3n) is 2.23. The van der Waals surface area contributed by atoms with Crippen LogP contribution < -0.4 is 5.43 Å². The normalized spacial score (nSPS) is 9.95. The summed E-state index contributed by atoms with van der Waals surface area (Å²) in [4.78, 5) is 47.9. The number of hydrogen-bond acceptors (Lipinski definition) is 4. The maximum Gasteiger partial charge on any atom is 0.323 e. The van der Waals surface area contributed by atoms with Crippen LogP contribution in [0.5, 0.6) is 0 Å². The molecule has 0 radical (unpaired) electrons. The van der Waals surface area contributed by atoms with Crippen LogP contribution in [-0.4, -0.2) is 51.0 Å². The number of H-pyrrole nitrogens is 1.